The molecule has 0 radical (unpaired) electrons. The Kier molecular flexibility index (Phi) is 7.11. The standard InChI is InChI=1S/C23H22N4O3S/c1-4-30-18-11-9-17(10-12-18)25-21(28)15(3)31-23-26-20(19(13-24)22(29)27-23)16-7-5-14(2)6-8-16/h5-12,15H,4H2,1-3H3,(H,25,28)(H,26,27,29). The summed E-state index contributed by atoms with van der Waals surface area (Å²) in [6.45, 7) is 6.14. The summed E-state index contributed by atoms with van der Waals surface area (Å²) in [5, 5.41) is 12.0. The van der Waals surface area contributed by atoms with Crippen molar-refractivity contribution in [2.45, 2.75) is 31.2 Å². The van der Waals surface area contributed by atoms with Crippen molar-refractivity contribution >= 4 is 23.4 Å². The van der Waals surface area contributed by atoms with Crippen LogP contribution in [0.15, 0.2) is 58.5 Å². The summed E-state index contributed by atoms with van der Waals surface area (Å²) in [5.74, 6) is 0.490. The van der Waals surface area contributed by atoms with E-state index >= 15 is 0 Å². The first-order chi connectivity index (χ1) is 14.9. The average Bonchev–Trinajstić information content (AvgIpc) is 2.75. The van der Waals surface area contributed by atoms with Crippen molar-refractivity contribution in [3.63, 3.8) is 0 Å². The Morgan fingerprint density at radius 1 is 1.23 bits per heavy atom. The highest BCUT2D eigenvalue weighted by molar-refractivity contribution is 8.00. The van der Waals surface area contributed by atoms with Crippen molar-refractivity contribution in [2.75, 3.05) is 11.9 Å². The van der Waals surface area contributed by atoms with Gasteiger partial charge in [-0.25, -0.2) is 4.98 Å². The molecule has 2 aromatic carbocycles. The molecule has 0 saturated heterocycles. The van der Waals surface area contributed by atoms with Crippen molar-refractivity contribution in [1.29, 1.82) is 5.26 Å². The number of anilines is 1. The van der Waals surface area contributed by atoms with Gasteiger partial charge in [0.05, 0.1) is 17.6 Å². The van der Waals surface area contributed by atoms with Gasteiger partial charge in [-0.2, -0.15) is 5.26 Å². The predicted molar refractivity (Wildman–Crippen MR) is 121 cm³/mol. The minimum Gasteiger partial charge on any atom is -0.494 e. The van der Waals surface area contributed by atoms with Crippen LogP contribution in [-0.4, -0.2) is 27.7 Å². The number of ether oxygens (including phenoxy) is 1. The van der Waals surface area contributed by atoms with E-state index in [0.29, 0.717) is 23.6 Å². The maximum absolute atomic E-state index is 12.6. The molecule has 8 heteroatoms. The second-order valence-corrected chi connectivity index (χ2v) is 8.11. The molecule has 1 aromatic heterocycles. The Bertz CT molecular complexity index is 1170. The van der Waals surface area contributed by atoms with E-state index < -0.39 is 10.8 Å². The lowest BCUT2D eigenvalue weighted by atomic mass is 10.1. The third-order valence-electron chi connectivity index (χ3n) is 4.42. The number of carbonyl (C=O) groups excluding carboxylic acids is 1. The fraction of sp³-hybridized carbons (Fsp3) is 0.217. The van der Waals surface area contributed by atoms with Gasteiger partial charge in [-0.05, 0) is 45.0 Å². The van der Waals surface area contributed by atoms with Gasteiger partial charge in [0.25, 0.3) is 5.56 Å². The lowest BCUT2D eigenvalue weighted by Gasteiger charge is -2.13. The summed E-state index contributed by atoms with van der Waals surface area (Å²) in [4.78, 5) is 32.1. The van der Waals surface area contributed by atoms with Crippen LogP contribution in [0.4, 0.5) is 5.69 Å². The van der Waals surface area contributed by atoms with Gasteiger partial charge >= 0.3 is 0 Å². The van der Waals surface area contributed by atoms with Gasteiger partial charge in [0, 0.05) is 11.3 Å². The Labute approximate surface area is 184 Å². The normalized spacial score (nSPS) is 11.4. The van der Waals surface area contributed by atoms with Gasteiger partial charge in [0.1, 0.15) is 17.4 Å². The SMILES string of the molecule is CCOc1ccc(NC(=O)C(C)Sc2nc(-c3ccc(C)cc3)c(C#N)c(=O)[nH]2)cc1. The minimum absolute atomic E-state index is 0.0558. The largest absolute Gasteiger partial charge is 0.494 e. The fourth-order valence-electron chi connectivity index (χ4n) is 2.80. The molecule has 31 heavy (non-hydrogen) atoms. The molecule has 7 nitrogen and oxygen atoms in total. The number of carbonyl (C=O) groups is 1. The van der Waals surface area contributed by atoms with E-state index in [1.807, 2.05) is 44.2 Å². The molecule has 3 rings (SSSR count). The van der Waals surface area contributed by atoms with Gasteiger partial charge in [-0.15, -0.1) is 0 Å². The summed E-state index contributed by atoms with van der Waals surface area (Å²) in [5.41, 5.74) is 2.08. The minimum atomic E-state index is -0.534. The molecule has 0 spiro atoms. The molecule has 2 N–H and O–H groups in total. The number of H-pyrrole nitrogens is 1. The highest BCUT2D eigenvalue weighted by Gasteiger charge is 2.19. The summed E-state index contributed by atoms with van der Waals surface area (Å²) in [6.07, 6.45) is 0. The number of amides is 1. The zero-order valence-corrected chi connectivity index (χ0v) is 18.2. The van der Waals surface area contributed by atoms with E-state index in [1.165, 1.54) is 0 Å². The van der Waals surface area contributed by atoms with Gasteiger partial charge < -0.3 is 15.0 Å². The Morgan fingerprint density at radius 2 is 1.90 bits per heavy atom. The first kappa shape index (κ1) is 22.1. The van der Waals surface area contributed by atoms with E-state index in [9.17, 15) is 14.9 Å². The van der Waals surface area contributed by atoms with Gasteiger partial charge in [0.2, 0.25) is 5.91 Å². The molecule has 0 aliphatic rings. The number of nitrogens with one attached hydrogen (secondary N) is 2. The van der Waals surface area contributed by atoms with Crippen LogP contribution < -0.4 is 15.6 Å². The van der Waals surface area contributed by atoms with Crippen molar-refractivity contribution in [3.8, 4) is 23.1 Å². The van der Waals surface area contributed by atoms with Gasteiger partial charge in [-0.3, -0.25) is 9.59 Å². The van der Waals surface area contributed by atoms with E-state index in [0.717, 1.165) is 23.1 Å². The van der Waals surface area contributed by atoms with Crippen LogP contribution in [0.2, 0.25) is 0 Å². The number of nitrogens with zero attached hydrogens (tertiary/aromatic N) is 2. The molecule has 158 valence electrons. The van der Waals surface area contributed by atoms with Crippen molar-refractivity contribution < 1.29 is 9.53 Å². The van der Waals surface area contributed by atoms with Crippen molar-refractivity contribution in [3.05, 3.63) is 70.0 Å². The quantitative estimate of drug-likeness (QED) is 0.427. The molecular weight excluding hydrogens is 412 g/mol. The fourth-order valence-corrected chi connectivity index (χ4v) is 3.59. The Balaban J connectivity index is 1.78. The third kappa shape index (κ3) is 5.53. The second kappa shape index (κ2) is 9.96. The zero-order chi connectivity index (χ0) is 22.4. The summed E-state index contributed by atoms with van der Waals surface area (Å²) in [6, 6.07) is 16.4. The molecule has 1 atom stereocenters. The molecule has 0 aliphatic heterocycles. The van der Waals surface area contributed by atoms with Crippen LogP contribution in [0.5, 0.6) is 5.75 Å². The number of thioether (sulfide) groups is 1. The zero-order valence-electron chi connectivity index (χ0n) is 17.4. The Morgan fingerprint density at radius 3 is 2.52 bits per heavy atom. The van der Waals surface area contributed by atoms with Crippen LogP contribution in [0, 0.1) is 18.3 Å². The van der Waals surface area contributed by atoms with Crippen LogP contribution in [0.25, 0.3) is 11.3 Å². The summed E-state index contributed by atoms with van der Waals surface area (Å²) < 4.78 is 5.39. The smallest absolute Gasteiger partial charge is 0.270 e. The van der Waals surface area contributed by atoms with Crippen LogP contribution in [0.3, 0.4) is 0 Å². The Hall–Kier alpha value is -3.57. The molecular formula is C23H22N4O3S. The van der Waals surface area contributed by atoms with Crippen LogP contribution in [-0.2, 0) is 4.79 Å². The maximum Gasteiger partial charge on any atom is 0.270 e. The lowest BCUT2D eigenvalue weighted by molar-refractivity contribution is -0.115. The van der Waals surface area contributed by atoms with Gasteiger partial charge in [0.15, 0.2) is 5.16 Å². The highest BCUT2D eigenvalue weighted by atomic mass is 32.2. The molecule has 0 bridgehead atoms. The lowest BCUT2D eigenvalue weighted by Crippen LogP contribution is -2.23. The summed E-state index contributed by atoms with van der Waals surface area (Å²) >= 11 is 1.11. The number of hydrogen-bond acceptors (Lipinski definition) is 6. The first-order valence-electron chi connectivity index (χ1n) is 9.73. The monoisotopic (exact) mass is 434 g/mol. The number of nitriles is 1. The molecule has 3 aromatic rings. The number of aromatic nitrogens is 2. The highest BCUT2D eigenvalue weighted by Crippen LogP contribution is 2.25. The molecule has 0 aliphatic carbocycles. The summed E-state index contributed by atoms with van der Waals surface area (Å²) in [7, 11) is 0. The van der Waals surface area contributed by atoms with E-state index in [1.54, 1.807) is 31.2 Å². The van der Waals surface area contributed by atoms with E-state index in [4.69, 9.17) is 4.74 Å². The van der Waals surface area contributed by atoms with E-state index in [2.05, 4.69) is 15.3 Å². The number of aromatic amines is 1. The first-order valence-corrected chi connectivity index (χ1v) is 10.6. The average molecular weight is 435 g/mol. The number of hydrogen-bond donors (Lipinski definition) is 2. The van der Waals surface area contributed by atoms with Crippen LogP contribution in [0.1, 0.15) is 25.0 Å². The molecule has 1 heterocycles. The predicted octanol–water partition coefficient (Wildman–Crippen LogP) is 4.14. The second-order valence-electron chi connectivity index (χ2n) is 6.78. The molecule has 1 unspecified atom stereocenters. The molecule has 0 fully saturated rings. The van der Waals surface area contributed by atoms with Crippen molar-refractivity contribution in [1.82, 2.24) is 9.97 Å². The van der Waals surface area contributed by atoms with Gasteiger partial charge in [-0.1, -0.05) is 41.6 Å². The van der Waals surface area contributed by atoms with Crippen LogP contribution >= 0.6 is 11.8 Å². The molecule has 0 saturated carbocycles. The van der Waals surface area contributed by atoms with Crippen molar-refractivity contribution in [2.24, 2.45) is 0 Å². The number of rotatable bonds is 7. The van der Waals surface area contributed by atoms with E-state index in [-0.39, 0.29) is 16.6 Å². The number of aryl methyl sites for hydroxylation is 1. The third-order valence-corrected chi connectivity index (χ3v) is 5.41. The molecule has 1 amide bonds. The topological polar surface area (TPSA) is 108 Å². The number of benzene rings is 2. The maximum atomic E-state index is 12.6.